The number of hydrogen-bond acceptors (Lipinski definition) is 3. The number of methoxy groups -OCH3 is 1. The van der Waals surface area contributed by atoms with Crippen molar-refractivity contribution in [1.82, 2.24) is 9.78 Å². The number of carbonyl (C=O) groups is 1. The molecule has 0 atom stereocenters. The second-order valence-corrected chi connectivity index (χ2v) is 4.50. The van der Waals surface area contributed by atoms with Crippen LogP contribution >= 0.6 is 11.6 Å². The summed E-state index contributed by atoms with van der Waals surface area (Å²) in [5, 5.41) is 7.21. The fraction of sp³-hybridized carbons (Fsp3) is 0.143. The number of amides is 1. The molecule has 2 aromatic rings. The summed E-state index contributed by atoms with van der Waals surface area (Å²) in [4.78, 5) is 11.7. The van der Waals surface area contributed by atoms with Gasteiger partial charge in [-0.05, 0) is 23.8 Å². The molecule has 5 nitrogen and oxygen atoms in total. The smallest absolute Gasteiger partial charge is 0.249 e. The highest BCUT2D eigenvalue weighted by atomic mass is 35.5. The van der Waals surface area contributed by atoms with Crippen molar-refractivity contribution in [2.24, 2.45) is 7.05 Å². The molecule has 0 aliphatic heterocycles. The number of nitrogens with one attached hydrogen (secondary N) is 1. The lowest BCUT2D eigenvalue weighted by Gasteiger charge is -2.03. The highest BCUT2D eigenvalue weighted by Gasteiger charge is 2.02. The number of hydrogen-bond donors (Lipinski definition) is 1. The van der Waals surface area contributed by atoms with Gasteiger partial charge in [0.15, 0.2) is 5.82 Å². The Bertz CT molecular complexity index is 650. The molecule has 1 amide bonds. The Hall–Kier alpha value is -2.27. The standard InChI is InChI=1S/C14H14ClN3O2/c1-18-8-7-13(17-18)16-14(19)6-4-10-3-5-12(20-2)11(15)9-10/h3-9H,1-2H3,(H,16,17,19)/b6-4+. The van der Waals surface area contributed by atoms with Gasteiger partial charge in [-0.15, -0.1) is 0 Å². The Morgan fingerprint density at radius 2 is 2.25 bits per heavy atom. The van der Waals surface area contributed by atoms with E-state index in [4.69, 9.17) is 16.3 Å². The zero-order chi connectivity index (χ0) is 14.5. The second-order valence-electron chi connectivity index (χ2n) is 4.09. The molecule has 0 aliphatic rings. The molecule has 0 unspecified atom stereocenters. The Morgan fingerprint density at radius 1 is 1.45 bits per heavy atom. The van der Waals surface area contributed by atoms with Crippen LogP contribution < -0.4 is 10.1 Å². The van der Waals surface area contributed by atoms with Crippen LogP contribution in [0.1, 0.15) is 5.56 Å². The molecule has 104 valence electrons. The van der Waals surface area contributed by atoms with E-state index < -0.39 is 0 Å². The van der Waals surface area contributed by atoms with Gasteiger partial charge in [-0.1, -0.05) is 17.7 Å². The van der Waals surface area contributed by atoms with Gasteiger partial charge in [0, 0.05) is 25.4 Å². The first-order valence-corrected chi connectivity index (χ1v) is 6.28. The molecule has 0 saturated heterocycles. The quantitative estimate of drug-likeness (QED) is 0.881. The Labute approximate surface area is 121 Å². The predicted molar refractivity (Wildman–Crippen MR) is 78.9 cm³/mol. The van der Waals surface area contributed by atoms with Crippen LogP contribution in [-0.4, -0.2) is 22.8 Å². The molecule has 0 spiro atoms. The van der Waals surface area contributed by atoms with E-state index in [0.29, 0.717) is 16.6 Å². The molecule has 0 saturated carbocycles. The van der Waals surface area contributed by atoms with Crippen molar-refractivity contribution in [3.8, 4) is 5.75 Å². The van der Waals surface area contributed by atoms with Gasteiger partial charge in [0.25, 0.3) is 0 Å². The predicted octanol–water partition coefficient (Wildman–Crippen LogP) is 2.73. The van der Waals surface area contributed by atoms with Gasteiger partial charge in [-0.25, -0.2) is 0 Å². The molecule has 1 heterocycles. The third kappa shape index (κ3) is 3.61. The number of aromatic nitrogens is 2. The van der Waals surface area contributed by atoms with E-state index in [0.717, 1.165) is 5.56 Å². The average Bonchev–Trinajstić information content (AvgIpc) is 2.82. The first-order chi connectivity index (χ1) is 9.58. The Morgan fingerprint density at radius 3 is 2.85 bits per heavy atom. The van der Waals surface area contributed by atoms with Crippen LogP contribution in [0.25, 0.3) is 6.08 Å². The molecule has 1 N–H and O–H groups in total. The lowest BCUT2D eigenvalue weighted by atomic mass is 10.2. The third-order valence-corrected chi connectivity index (χ3v) is 2.86. The molecular weight excluding hydrogens is 278 g/mol. The van der Waals surface area contributed by atoms with Gasteiger partial charge in [0.1, 0.15) is 5.75 Å². The second kappa shape index (κ2) is 6.25. The zero-order valence-corrected chi connectivity index (χ0v) is 11.9. The van der Waals surface area contributed by atoms with Crippen LogP contribution in [0.2, 0.25) is 5.02 Å². The normalized spacial score (nSPS) is 10.8. The number of benzene rings is 1. The lowest BCUT2D eigenvalue weighted by Crippen LogP contribution is -2.08. The van der Waals surface area contributed by atoms with Gasteiger partial charge >= 0.3 is 0 Å². The number of ether oxygens (including phenoxy) is 1. The molecule has 1 aromatic heterocycles. The topological polar surface area (TPSA) is 56.1 Å². The number of nitrogens with zero attached hydrogens (tertiary/aromatic N) is 2. The summed E-state index contributed by atoms with van der Waals surface area (Å²) >= 11 is 6.01. The summed E-state index contributed by atoms with van der Waals surface area (Å²) in [6.07, 6.45) is 4.85. The van der Waals surface area contributed by atoms with E-state index in [9.17, 15) is 4.79 Å². The first kappa shape index (κ1) is 14.1. The van der Waals surface area contributed by atoms with Crippen molar-refractivity contribution in [2.75, 3.05) is 12.4 Å². The fourth-order valence-electron chi connectivity index (χ4n) is 1.61. The van der Waals surface area contributed by atoms with Crippen LogP contribution in [0, 0.1) is 0 Å². The Kier molecular flexibility index (Phi) is 4.42. The van der Waals surface area contributed by atoms with Crippen LogP contribution in [-0.2, 0) is 11.8 Å². The summed E-state index contributed by atoms with van der Waals surface area (Å²) in [6.45, 7) is 0. The van der Waals surface area contributed by atoms with E-state index >= 15 is 0 Å². The van der Waals surface area contributed by atoms with E-state index in [1.807, 2.05) is 6.07 Å². The van der Waals surface area contributed by atoms with Crippen molar-refractivity contribution in [1.29, 1.82) is 0 Å². The SMILES string of the molecule is COc1ccc(/C=C/C(=O)Nc2ccn(C)n2)cc1Cl. The Balaban J connectivity index is 2.01. The maximum Gasteiger partial charge on any atom is 0.249 e. The van der Waals surface area contributed by atoms with Gasteiger partial charge in [-0.2, -0.15) is 5.10 Å². The molecule has 0 bridgehead atoms. The van der Waals surface area contributed by atoms with Crippen molar-refractivity contribution < 1.29 is 9.53 Å². The monoisotopic (exact) mass is 291 g/mol. The number of aryl methyl sites for hydroxylation is 1. The molecule has 0 fully saturated rings. The van der Waals surface area contributed by atoms with Crippen LogP contribution in [0.5, 0.6) is 5.75 Å². The minimum atomic E-state index is -0.254. The molecule has 0 radical (unpaired) electrons. The number of carbonyl (C=O) groups excluding carboxylic acids is 1. The van der Waals surface area contributed by atoms with Crippen molar-refractivity contribution in [3.05, 3.63) is 47.1 Å². The average molecular weight is 292 g/mol. The highest BCUT2D eigenvalue weighted by molar-refractivity contribution is 6.32. The molecule has 2 rings (SSSR count). The van der Waals surface area contributed by atoms with Gasteiger partial charge in [-0.3, -0.25) is 9.48 Å². The van der Waals surface area contributed by atoms with E-state index in [1.165, 1.54) is 6.08 Å². The van der Waals surface area contributed by atoms with Crippen molar-refractivity contribution in [2.45, 2.75) is 0 Å². The molecule has 1 aromatic carbocycles. The molecule has 6 heteroatoms. The number of anilines is 1. The van der Waals surface area contributed by atoms with E-state index in [2.05, 4.69) is 10.4 Å². The first-order valence-electron chi connectivity index (χ1n) is 5.91. The molecule has 0 aliphatic carbocycles. The van der Waals surface area contributed by atoms with Crippen molar-refractivity contribution in [3.63, 3.8) is 0 Å². The van der Waals surface area contributed by atoms with Gasteiger partial charge in [0.05, 0.1) is 12.1 Å². The summed E-state index contributed by atoms with van der Waals surface area (Å²) in [6, 6.07) is 7.01. The van der Waals surface area contributed by atoms with E-state index in [1.54, 1.807) is 49.3 Å². The van der Waals surface area contributed by atoms with Crippen LogP contribution in [0.4, 0.5) is 5.82 Å². The fourth-order valence-corrected chi connectivity index (χ4v) is 1.87. The largest absolute Gasteiger partial charge is 0.495 e. The summed E-state index contributed by atoms with van der Waals surface area (Å²) in [7, 11) is 3.34. The minimum absolute atomic E-state index is 0.254. The highest BCUT2D eigenvalue weighted by Crippen LogP contribution is 2.25. The minimum Gasteiger partial charge on any atom is -0.495 e. The zero-order valence-electron chi connectivity index (χ0n) is 11.1. The summed E-state index contributed by atoms with van der Waals surface area (Å²) in [5.41, 5.74) is 0.812. The summed E-state index contributed by atoms with van der Waals surface area (Å²) < 4.78 is 6.67. The maximum atomic E-state index is 11.7. The number of halogens is 1. The maximum absolute atomic E-state index is 11.7. The molecular formula is C14H14ClN3O2. The summed E-state index contributed by atoms with van der Waals surface area (Å²) in [5.74, 6) is 0.854. The van der Waals surface area contributed by atoms with Crippen molar-refractivity contribution >= 4 is 29.4 Å². The van der Waals surface area contributed by atoms with Gasteiger partial charge in [0.2, 0.25) is 5.91 Å². The number of rotatable bonds is 4. The van der Waals surface area contributed by atoms with Crippen LogP contribution in [0.3, 0.4) is 0 Å². The van der Waals surface area contributed by atoms with E-state index in [-0.39, 0.29) is 5.91 Å². The third-order valence-electron chi connectivity index (χ3n) is 2.57. The van der Waals surface area contributed by atoms with Gasteiger partial charge < -0.3 is 10.1 Å². The lowest BCUT2D eigenvalue weighted by molar-refractivity contribution is -0.111. The molecule has 20 heavy (non-hydrogen) atoms. The van der Waals surface area contributed by atoms with Crippen LogP contribution in [0.15, 0.2) is 36.5 Å².